The summed E-state index contributed by atoms with van der Waals surface area (Å²) in [6.45, 7) is 3.81. The maximum atomic E-state index is 12.9. The van der Waals surface area contributed by atoms with Crippen molar-refractivity contribution >= 4 is 46.6 Å². The lowest BCUT2D eigenvalue weighted by atomic mass is 10.1. The summed E-state index contributed by atoms with van der Waals surface area (Å²) in [7, 11) is 0. The van der Waals surface area contributed by atoms with Crippen molar-refractivity contribution < 1.29 is 14.3 Å². The number of esters is 1. The van der Waals surface area contributed by atoms with Gasteiger partial charge in [0.1, 0.15) is 4.66 Å². The van der Waals surface area contributed by atoms with E-state index in [9.17, 15) is 14.4 Å². The highest BCUT2D eigenvalue weighted by Crippen LogP contribution is 2.15. The third-order valence-electron chi connectivity index (χ3n) is 3.90. The van der Waals surface area contributed by atoms with Crippen molar-refractivity contribution in [3.8, 4) is 0 Å². The van der Waals surface area contributed by atoms with Gasteiger partial charge in [-0.2, -0.15) is 0 Å². The molecule has 5 nitrogen and oxygen atoms in total. The largest absolute Gasteiger partial charge is 0.463 e. The van der Waals surface area contributed by atoms with E-state index in [4.69, 9.17) is 4.74 Å². The summed E-state index contributed by atoms with van der Waals surface area (Å²) in [5, 5.41) is 0. The highest BCUT2D eigenvalue weighted by atomic mass is 32.1. The Labute approximate surface area is 169 Å². The minimum atomic E-state index is -0.539. The van der Waals surface area contributed by atoms with Crippen molar-refractivity contribution in [1.29, 1.82) is 0 Å². The molecular formula is C21H19NO4S2. The monoisotopic (exact) mass is 413 g/mol. The molecule has 0 atom stereocenters. The summed E-state index contributed by atoms with van der Waals surface area (Å²) in [5.41, 5.74) is 0.220. The SMILES string of the molecule is CCOC(=O)/C=c1\s/c(=C\c2ccc(C)s2)c(=O)n1CC(=O)c1ccccc1. The van der Waals surface area contributed by atoms with E-state index in [1.54, 1.807) is 48.6 Å². The summed E-state index contributed by atoms with van der Waals surface area (Å²) in [6, 6.07) is 12.7. The summed E-state index contributed by atoms with van der Waals surface area (Å²) in [4.78, 5) is 39.5. The van der Waals surface area contributed by atoms with Crippen molar-refractivity contribution in [3.63, 3.8) is 0 Å². The van der Waals surface area contributed by atoms with Gasteiger partial charge in [0.25, 0.3) is 5.56 Å². The molecule has 0 saturated heterocycles. The number of carbonyl (C=O) groups excluding carboxylic acids is 2. The Morgan fingerprint density at radius 3 is 2.50 bits per heavy atom. The van der Waals surface area contributed by atoms with Crippen LogP contribution in [-0.4, -0.2) is 22.9 Å². The van der Waals surface area contributed by atoms with Gasteiger partial charge in [0, 0.05) is 15.3 Å². The number of aryl methyl sites for hydroxylation is 1. The van der Waals surface area contributed by atoms with E-state index in [0.29, 0.717) is 14.8 Å². The third-order valence-corrected chi connectivity index (χ3v) is 5.90. The zero-order valence-corrected chi connectivity index (χ0v) is 17.1. The van der Waals surface area contributed by atoms with Crippen molar-refractivity contribution in [1.82, 2.24) is 4.57 Å². The third kappa shape index (κ3) is 4.74. The van der Waals surface area contributed by atoms with Crippen LogP contribution in [-0.2, 0) is 16.1 Å². The van der Waals surface area contributed by atoms with Crippen molar-refractivity contribution in [2.24, 2.45) is 0 Å². The number of ketones is 1. The number of benzene rings is 1. The zero-order valence-electron chi connectivity index (χ0n) is 15.5. The minimum Gasteiger partial charge on any atom is -0.463 e. The maximum Gasteiger partial charge on any atom is 0.333 e. The van der Waals surface area contributed by atoms with E-state index in [1.165, 1.54) is 22.0 Å². The van der Waals surface area contributed by atoms with Crippen molar-refractivity contribution in [2.75, 3.05) is 6.61 Å². The second-order valence-corrected chi connectivity index (χ2v) is 8.36. The van der Waals surface area contributed by atoms with Gasteiger partial charge in [0.05, 0.1) is 23.8 Å². The Morgan fingerprint density at radius 2 is 1.86 bits per heavy atom. The number of hydrogen-bond acceptors (Lipinski definition) is 6. The Bertz CT molecular complexity index is 1170. The fraction of sp³-hybridized carbons (Fsp3) is 0.190. The average Bonchev–Trinajstić information content (AvgIpc) is 3.21. The van der Waals surface area contributed by atoms with E-state index in [0.717, 1.165) is 9.75 Å². The predicted octanol–water partition coefficient (Wildman–Crippen LogP) is 2.34. The number of nitrogens with zero attached hydrogens (tertiary/aromatic N) is 1. The fourth-order valence-electron chi connectivity index (χ4n) is 2.60. The van der Waals surface area contributed by atoms with Crippen LogP contribution in [0.4, 0.5) is 0 Å². The number of hydrogen-bond donors (Lipinski definition) is 0. The number of carbonyl (C=O) groups is 2. The molecule has 0 radical (unpaired) electrons. The molecule has 0 N–H and O–H groups in total. The van der Waals surface area contributed by atoms with Crippen LogP contribution < -0.4 is 14.8 Å². The summed E-state index contributed by atoms with van der Waals surface area (Å²) in [5.74, 6) is -0.735. The van der Waals surface area contributed by atoms with Gasteiger partial charge in [-0.05, 0) is 32.1 Å². The number of thiophene rings is 1. The standard InChI is InChI=1S/C21H19NO4S2/c1-3-26-20(24)12-19-22(13-17(23)15-7-5-4-6-8-15)21(25)18(28-19)11-16-10-9-14(2)27-16/h4-12H,3,13H2,1-2H3/b18-11-,19-12-. The van der Waals surface area contributed by atoms with E-state index in [-0.39, 0.29) is 24.5 Å². The Morgan fingerprint density at radius 1 is 1.11 bits per heavy atom. The van der Waals surface area contributed by atoms with E-state index < -0.39 is 5.97 Å². The van der Waals surface area contributed by atoms with Crippen LogP contribution in [0.1, 0.15) is 27.0 Å². The smallest absolute Gasteiger partial charge is 0.333 e. The quantitative estimate of drug-likeness (QED) is 0.460. The number of aromatic nitrogens is 1. The molecular weight excluding hydrogens is 394 g/mol. The lowest BCUT2D eigenvalue weighted by molar-refractivity contribution is -0.135. The first-order chi connectivity index (χ1) is 13.5. The van der Waals surface area contributed by atoms with Crippen LogP contribution >= 0.6 is 22.7 Å². The van der Waals surface area contributed by atoms with E-state index in [1.807, 2.05) is 25.1 Å². The summed E-state index contributed by atoms with van der Waals surface area (Å²) in [6.07, 6.45) is 3.06. The Balaban J connectivity index is 2.08. The molecule has 1 aromatic carbocycles. The van der Waals surface area contributed by atoms with Gasteiger partial charge in [-0.25, -0.2) is 4.79 Å². The van der Waals surface area contributed by atoms with E-state index in [2.05, 4.69) is 0 Å². The predicted molar refractivity (Wildman–Crippen MR) is 112 cm³/mol. The van der Waals surface area contributed by atoms with Crippen LogP contribution in [0.25, 0.3) is 12.2 Å². The van der Waals surface area contributed by atoms with Crippen LogP contribution in [0.2, 0.25) is 0 Å². The molecule has 0 bridgehead atoms. The summed E-state index contributed by atoms with van der Waals surface area (Å²) < 4.78 is 7.17. The molecule has 3 aromatic rings. The minimum absolute atomic E-state index is 0.137. The highest BCUT2D eigenvalue weighted by molar-refractivity contribution is 7.13. The number of rotatable bonds is 6. The Hall–Kier alpha value is -2.77. The summed E-state index contributed by atoms with van der Waals surface area (Å²) >= 11 is 2.75. The topological polar surface area (TPSA) is 65.4 Å². The molecule has 2 aromatic heterocycles. The van der Waals surface area contributed by atoms with Crippen molar-refractivity contribution in [2.45, 2.75) is 20.4 Å². The molecule has 0 fully saturated rings. The molecule has 0 unspecified atom stereocenters. The van der Waals surface area contributed by atoms with Crippen LogP contribution in [0.5, 0.6) is 0 Å². The first-order valence-electron chi connectivity index (χ1n) is 8.72. The maximum absolute atomic E-state index is 12.9. The van der Waals surface area contributed by atoms with Gasteiger partial charge in [0.2, 0.25) is 0 Å². The second kappa shape index (κ2) is 8.95. The number of ether oxygens (including phenoxy) is 1. The van der Waals surface area contributed by atoms with Gasteiger partial charge in [-0.15, -0.1) is 22.7 Å². The van der Waals surface area contributed by atoms with Gasteiger partial charge < -0.3 is 4.74 Å². The van der Waals surface area contributed by atoms with E-state index >= 15 is 0 Å². The molecule has 7 heteroatoms. The molecule has 0 aliphatic heterocycles. The molecule has 0 aliphatic carbocycles. The zero-order chi connectivity index (χ0) is 20.1. The molecule has 0 aliphatic rings. The molecule has 28 heavy (non-hydrogen) atoms. The van der Waals surface area contributed by atoms with Crippen LogP contribution in [0.3, 0.4) is 0 Å². The molecule has 3 rings (SSSR count). The molecule has 0 amide bonds. The average molecular weight is 414 g/mol. The first-order valence-corrected chi connectivity index (χ1v) is 10.4. The second-order valence-electron chi connectivity index (χ2n) is 5.97. The molecule has 2 heterocycles. The fourth-order valence-corrected chi connectivity index (χ4v) is 4.51. The lowest BCUT2D eigenvalue weighted by Gasteiger charge is -2.02. The Kier molecular flexibility index (Phi) is 6.38. The van der Waals surface area contributed by atoms with Crippen molar-refractivity contribution in [3.05, 3.63) is 77.3 Å². The van der Waals surface area contributed by atoms with Gasteiger partial charge >= 0.3 is 5.97 Å². The van der Waals surface area contributed by atoms with Crippen LogP contribution in [0.15, 0.2) is 47.3 Å². The van der Waals surface area contributed by atoms with Crippen LogP contribution in [0, 0.1) is 6.92 Å². The first kappa shape index (κ1) is 20.0. The van der Waals surface area contributed by atoms with Gasteiger partial charge in [0.15, 0.2) is 5.78 Å². The van der Waals surface area contributed by atoms with Gasteiger partial charge in [-0.1, -0.05) is 30.3 Å². The molecule has 144 valence electrons. The number of Topliss-reactive ketones (excluding diaryl/α,β-unsaturated/α-hetero) is 1. The highest BCUT2D eigenvalue weighted by Gasteiger charge is 2.12. The lowest BCUT2D eigenvalue weighted by Crippen LogP contribution is -2.34. The van der Waals surface area contributed by atoms with Gasteiger partial charge in [-0.3, -0.25) is 14.2 Å². The normalized spacial score (nSPS) is 12.4. The number of thiazole rings is 1. The molecule has 0 saturated carbocycles. The molecule has 0 spiro atoms.